The number of halogens is 3. The number of para-hydroxylation sites is 1. The smallest absolute Gasteiger partial charge is 0.315 e. The van der Waals surface area contributed by atoms with Crippen LogP contribution in [-0.2, 0) is 9.59 Å². The van der Waals surface area contributed by atoms with Gasteiger partial charge in [0.05, 0.1) is 21.9 Å². The molecule has 2 rings (SSSR count). The van der Waals surface area contributed by atoms with Crippen LogP contribution in [0.4, 0.5) is 10.1 Å². The Kier molecular flexibility index (Phi) is 5.67. The normalized spacial score (nSPS) is 10.6. The van der Waals surface area contributed by atoms with Gasteiger partial charge in [-0.3, -0.25) is 9.59 Å². The summed E-state index contributed by atoms with van der Waals surface area (Å²) in [6, 6.07) is 10.2. The van der Waals surface area contributed by atoms with Crippen molar-refractivity contribution in [3.8, 4) is 0 Å². The minimum atomic E-state index is -1.04. The van der Waals surface area contributed by atoms with E-state index in [1.54, 1.807) is 18.2 Å². The molecule has 0 saturated heterocycles. The SMILES string of the molecule is O=C(N/N=C\c1ccc(Cl)c(Cl)c1)C(=O)Nc1ccccc1F. The number of hydrogen-bond donors (Lipinski definition) is 2. The molecule has 0 aromatic heterocycles. The molecule has 2 aromatic carbocycles. The largest absolute Gasteiger partial charge is 0.329 e. The van der Waals surface area contributed by atoms with Crippen molar-refractivity contribution in [1.29, 1.82) is 0 Å². The molecule has 2 aromatic rings. The molecule has 0 aliphatic rings. The number of nitrogens with zero attached hydrogens (tertiary/aromatic N) is 1. The van der Waals surface area contributed by atoms with Crippen molar-refractivity contribution < 1.29 is 14.0 Å². The summed E-state index contributed by atoms with van der Waals surface area (Å²) in [6.07, 6.45) is 1.29. The number of benzene rings is 2. The third-order valence-electron chi connectivity index (χ3n) is 2.65. The maximum absolute atomic E-state index is 13.4. The lowest BCUT2D eigenvalue weighted by atomic mass is 10.2. The second kappa shape index (κ2) is 7.71. The molecule has 0 heterocycles. The zero-order chi connectivity index (χ0) is 16.8. The average molecular weight is 354 g/mol. The zero-order valence-corrected chi connectivity index (χ0v) is 13.0. The highest BCUT2D eigenvalue weighted by atomic mass is 35.5. The van der Waals surface area contributed by atoms with Gasteiger partial charge in [0, 0.05) is 0 Å². The van der Waals surface area contributed by atoms with E-state index in [9.17, 15) is 14.0 Å². The Bertz CT molecular complexity index is 781. The van der Waals surface area contributed by atoms with Gasteiger partial charge in [-0.05, 0) is 29.8 Å². The van der Waals surface area contributed by atoms with Gasteiger partial charge in [-0.1, -0.05) is 41.4 Å². The van der Waals surface area contributed by atoms with Gasteiger partial charge in [0.1, 0.15) is 5.82 Å². The predicted molar refractivity (Wildman–Crippen MR) is 87.2 cm³/mol. The fourth-order valence-corrected chi connectivity index (χ4v) is 1.86. The van der Waals surface area contributed by atoms with Crippen molar-refractivity contribution in [2.45, 2.75) is 0 Å². The van der Waals surface area contributed by atoms with Gasteiger partial charge >= 0.3 is 11.8 Å². The summed E-state index contributed by atoms with van der Waals surface area (Å²) in [5.74, 6) is -2.72. The van der Waals surface area contributed by atoms with Crippen LogP contribution in [0.25, 0.3) is 0 Å². The first kappa shape index (κ1) is 16.9. The van der Waals surface area contributed by atoms with Gasteiger partial charge in [0.25, 0.3) is 0 Å². The summed E-state index contributed by atoms with van der Waals surface area (Å²) in [6.45, 7) is 0. The molecule has 2 amide bonds. The van der Waals surface area contributed by atoms with E-state index in [1.165, 1.54) is 24.4 Å². The van der Waals surface area contributed by atoms with E-state index in [0.29, 0.717) is 15.6 Å². The van der Waals surface area contributed by atoms with Gasteiger partial charge < -0.3 is 5.32 Å². The highest BCUT2D eigenvalue weighted by molar-refractivity contribution is 6.42. The number of anilines is 1. The lowest BCUT2D eigenvalue weighted by molar-refractivity contribution is -0.136. The van der Waals surface area contributed by atoms with Gasteiger partial charge in [-0.2, -0.15) is 5.10 Å². The van der Waals surface area contributed by atoms with E-state index in [-0.39, 0.29) is 5.69 Å². The lowest BCUT2D eigenvalue weighted by Crippen LogP contribution is -2.32. The number of hydrogen-bond acceptors (Lipinski definition) is 3. The van der Waals surface area contributed by atoms with Crippen molar-refractivity contribution in [3.05, 3.63) is 63.9 Å². The lowest BCUT2D eigenvalue weighted by Gasteiger charge is -2.04. The van der Waals surface area contributed by atoms with E-state index >= 15 is 0 Å². The van der Waals surface area contributed by atoms with Gasteiger partial charge in [0.2, 0.25) is 0 Å². The number of carbonyl (C=O) groups is 2. The van der Waals surface area contributed by atoms with Crippen LogP contribution in [0.5, 0.6) is 0 Å². The van der Waals surface area contributed by atoms with Crippen molar-refractivity contribution >= 4 is 46.9 Å². The van der Waals surface area contributed by atoms with Crippen LogP contribution in [-0.4, -0.2) is 18.0 Å². The molecule has 0 bridgehead atoms. The molecule has 23 heavy (non-hydrogen) atoms. The monoisotopic (exact) mass is 353 g/mol. The summed E-state index contributed by atoms with van der Waals surface area (Å²) in [4.78, 5) is 23.2. The number of nitrogens with one attached hydrogen (secondary N) is 2. The third kappa shape index (κ3) is 4.77. The minimum Gasteiger partial charge on any atom is -0.315 e. The fourth-order valence-electron chi connectivity index (χ4n) is 1.55. The number of rotatable bonds is 3. The average Bonchev–Trinajstić information content (AvgIpc) is 2.53. The quantitative estimate of drug-likeness (QED) is 0.505. The number of hydrazone groups is 1. The Balaban J connectivity index is 1.93. The first-order chi connectivity index (χ1) is 11.0. The van der Waals surface area contributed by atoms with Crippen molar-refractivity contribution in [2.75, 3.05) is 5.32 Å². The first-order valence-electron chi connectivity index (χ1n) is 6.31. The summed E-state index contributed by atoms with van der Waals surface area (Å²) in [7, 11) is 0. The minimum absolute atomic E-state index is 0.0962. The van der Waals surface area contributed by atoms with Crippen LogP contribution >= 0.6 is 23.2 Å². The van der Waals surface area contributed by atoms with Crippen molar-refractivity contribution in [3.63, 3.8) is 0 Å². The molecule has 8 heteroatoms. The fraction of sp³-hybridized carbons (Fsp3) is 0. The van der Waals surface area contributed by atoms with Crippen LogP contribution < -0.4 is 10.7 Å². The molecule has 0 fully saturated rings. The van der Waals surface area contributed by atoms with Gasteiger partial charge in [-0.25, -0.2) is 9.82 Å². The molecule has 0 atom stereocenters. The third-order valence-corrected chi connectivity index (χ3v) is 3.39. The molecular formula is C15H10Cl2FN3O2. The predicted octanol–water partition coefficient (Wildman–Crippen LogP) is 3.22. The Morgan fingerprint density at radius 3 is 2.48 bits per heavy atom. The molecule has 118 valence electrons. The molecule has 0 aliphatic heterocycles. The maximum Gasteiger partial charge on any atom is 0.329 e. The van der Waals surface area contributed by atoms with Crippen LogP contribution in [0.3, 0.4) is 0 Å². The standard InChI is InChI=1S/C15H10Cl2FN3O2/c16-10-6-5-9(7-11(10)17)8-19-21-15(23)14(22)20-13-4-2-1-3-12(13)18/h1-8H,(H,20,22)(H,21,23)/b19-8-. The summed E-state index contributed by atoms with van der Waals surface area (Å²) in [5.41, 5.74) is 2.51. The molecule has 0 spiro atoms. The molecule has 0 radical (unpaired) electrons. The molecular weight excluding hydrogens is 344 g/mol. The Morgan fingerprint density at radius 2 is 1.78 bits per heavy atom. The van der Waals surface area contributed by atoms with Crippen LogP contribution in [0.1, 0.15) is 5.56 Å². The summed E-state index contributed by atoms with van der Waals surface area (Å²) in [5, 5.41) is 6.47. The summed E-state index contributed by atoms with van der Waals surface area (Å²) < 4.78 is 13.4. The summed E-state index contributed by atoms with van der Waals surface area (Å²) >= 11 is 11.6. The Hall–Kier alpha value is -2.44. The highest BCUT2D eigenvalue weighted by Gasteiger charge is 2.14. The number of carbonyl (C=O) groups excluding carboxylic acids is 2. The van der Waals surface area contributed by atoms with Crippen LogP contribution in [0.2, 0.25) is 10.0 Å². The molecule has 0 aliphatic carbocycles. The zero-order valence-electron chi connectivity index (χ0n) is 11.5. The maximum atomic E-state index is 13.4. The second-order valence-corrected chi connectivity index (χ2v) is 5.12. The topological polar surface area (TPSA) is 70.6 Å². The Labute approximate surface area is 141 Å². The first-order valence-corrected chi connectivity index (χ1v) is 7.07. The van der Waals surface area contributed by atoms with Crippen molar-refractivity contribution in [2.24, 2.45) is 5.10 Å². The van der Waals surface area contributed by atoms with Gasteiger partial charge in [-0.15, -0.1) is 0 Å². The molecule has 2 N–H and O–H groups in total. The van der Waals surface area contributed by atoms with E-state index in [1.807, 2.05) is 5.43 Å². The van der Waals surface area contributed by atoms with E-state index in [2.05, 4.69) is 10.4 Å². The van der Waals surface area contributed by atoms with Crippen LogP contribution in [0.15, 0.2) is 47.6 Å². The van der Waals surface area contributed by atoms with E-state index < -0.39 is 17.6 Å². The molecule has 0 unspecified atom stereocenters. The number of amides is 2. The van der Waals surface area contributed by atoms with Crippen LogP contribution in [0, 0.1) is 5.82 Å². The van der Waals surface area contributed by atoms with Gasteiger partial charge in [0.15, 0.2) is 0 Å². The van der Waals surface area contributed by atoms with Crippen molar-refractivity contribution in [1.82, 2.24) is 5.43 Å². The highest BCUT2D eigenvalue weighted by Crippen LogP contribution is 2.21. The van der Waals surface area contributed by atoms with E-state index in [0.717, 1.165) is 6.07 Å². The second-order valence-electron chi connectivity index (χ2n) is 4.31. The Morgan fingerprint density at radius 1 is 1.04 bits per heavy atom. The van der Waals surface area contributed by atoms with E-state index in [4.69, 9.17) is 23.2 Å². The molecule has 5 nitrogen and oxygen atoms in total. The molecule has 0 saturated carbocycles.